The van der Waals surface area contributed by atoms with E-state index in [-0.39, 0.29) is 6.10 Å². The Labute approximate surface area is 122 Å². The summed E-state index contributed by atoms with van der Waals surface area (Å²) >= 11 is 0. The van der Waals surface area contributed by atoms with Crippen LogP contribution < -0.4 is 0 Å². The van der Waals surface area contributed by atoms with Crippen LogP contribution in [-0.2, 0) is 9.47 Å². The Bertz CT molecular complexity index is 357. The van der Waals surface area contributed by atoms with Crippen molar-refractivity contribution in [2.45, 2.75) is 58.7 Å². The summed E-state index contributed by atoms with van der Waals surface area (Å²) in [7, 11) is 0. The molecule has 0 aromatic rings. The van der Waals surface area contributed by atoms with Gasteiger partial charge in [-0.1, -0.05) is 12.2 Å². The van der Waals surface area contributed by atoms with E-state index in [0.717, 1.165) is 19.4 Å². The number of ether oxygens (including phenoxy) is 2. The second-order valence-electron chi connectivity index (χ2n) is 6.46. The van der Waals surface area contributed by atoms with E-state index >= 15 is 0 Å². The molecule has 0 spiro atoms. The Morgan fingerprint density at radius 1 is 1.20 bits per heavy atom. The van der Waals surface area contributed by atoms with Crippen molar-refractivity contribution in [3.8, 4) is 0 Å². The Morgan fingerprint density at radius 3 is 2.40 bits per heavy atom. The molecule has 0 radical (unpaired) electrons. The molecule has 0 heterocycles. The third kappa shape index (κ3) is 3.75. The molecule has 2 rings (SSSR count). The zero-order valence-corrected chi connectivity index (χ0v) is 13.0. The summed E-state index contributed by atoms with van der Waals surface area (Å²) in [6.07, 6.45) is 6.02. The van der Waals surface area contributed by atoms with Crippen LogP contribution in [0.3, 0.4) is 0 Å². The number of allylic oxidation sites excluding steroid dienone is 1. The minimum atomic E-state index is -0.511. The Hall–Kier alpha value is -1.03. The van der Waals surface area contributed by atoms with E-state index in [1.165, 1.54) is 0 Å². The van der Waals surface area contributed by atoms with Crippen molar-refractivity contribution in [3.63, 3.8) is 0 Å². The molecule has 0 amide bonds. The van der Waals surface area contributed by atoms with E-state index in [9.17, 15) is 4.79 Å². The summed E-state index contributed by atoms with van der Waals surface area (Å²) in [6, 6.07) is 0.899. The maximum atomic E-state index is 11.7. The van der Waals surface area contributed by atoms with Gasteiger partial charge in [-0.3, -0.25) is 4.90 Å². The fourth-order valence-electron chi connectivity index (χ4n) is 3.37. The van der Waals surface area contributed by atoms with Gasteiger partial charge in [0, 0.05) is 24.5 Å². The molecule has 2 aliphatic carbocycles. The fourth-order valence-corrected chi connectivity index (χ4v) is 3.37. The molecule has 1 saturated carbocycles. The summed E-state index contributed by atoms with van der Waals surface area (Å²) in [5, 5.41) is 0. The third-order valence-electron chi connectivity index (χ3n) is 4.36. The number of rotatable bonds is 6. The molecule has 0 saturated heterocycles. The highest BCUT2D eigenvalue weighted by molar-refractivity contribution is 5.60. The number of hydrogen-bond donors (Lipinski definition) is 0. The minimum absolute atomic E-state index is 0.0313. The van der Waals surface area contributed by atoms with Crippen molar-refractivity contribution in [2.24, 2.45) is 11.8 Å². The molecule has 114 valence electrons. The maximum Gasteiger partial charge on any atom is 0.508 e. The first kappa shape index (κ1) is 15.4. The van der Waals surface area contributed by atoms with Gasteiger partial charge in [0.1, 0.15) is 12.7 Å². The van der Waals surface area contributed by atoms with Gasteiger partial charge in [0.15, 0.2) is 0 Å². The van der Waals surface area contributed by atoms with Gasteiger partial charge in [0.05, 0.1) is 0 Å². The van der Waals surface area contributed by atoms with Crippen LogP contribution in [0.1, 0.15) is 40.5 Å². The lowest BCUT2D eigenvalue weighted by Gasteiger charge is -2.30. The number of nitrogens with zero attached hydrogens (tertiary/aromatic N) is 1. The lowest BCUT2D eigenvalue weighted by atomic mass is 10.1. The van der Waals surface area contributed by atoms with Gasteiger partial charge < -0.3 is 9.47 Å². The van der Waals surface area contributed by atoms with Crippen LogP contribution >= 0.6 is 0 Å². The smallest absolute Gasteiger partial charge is 0.433 e. The van der Waals surface area contributed by atoms with Crippen molar-refractivity contribution < 1.29 is 14.3 Å². The lowest BCUT2D eigenvalue weighted by molar-refractivity contribution is 0.00744. The maximum absolute atomic E-state index is 11.7. The van der Waals surface area contributed by atoms with E-state index in [0.29, 0.717) is 30.5 Å². The van der Waals surface area contributed by atoms with E-state index in [1.54, 1.807) is 0 Å². The fraction of sp³-hybridized carbons (Fsp3) is 0.812. The molecule has 2 aliphatic rings. The topological polar surface area (TPSA) is 38.8 Å². The first-order chi connectivity index (χ1) is 9.47. The quantitative estimate of drug-likeness (QED) is 0.553. The van der Waals surface area contributed by atoms with Crippen molar-refractivity contribution in [1.29, 1.82) is 0 Å². The normalized spacial score (nSPS) is 27.9. The zero-order valence-electron chi connectivity index (χ0n) is 13.0. The van der Waals surface area contributed by atoms with E-state index in [1.807, 2.05) is 0 Å². The molecule has 4 heteroatoms. The van der Waals surface area contributed by atoms with Gasteiger partial charge in [-0.25, -0.2) is 4.79 Å². The second-order valence-corrected chi connectivity index (χ2v) is 6.46. The van der Waals surface area contributed by atoms with E-state index in [2.05, 4.69) is 44.7 Å². The van der Waals surface area contributed by atoms with Gasteiger partial charge in [-0.15, -0.1) is 0 Å². The average Bonchev–Trinajstić information content (AvgIpc) is 2.95. The Morgan fingerprint density at radius 2 is 1.90 bits per heavy atom. The Balaban J connectivity index is 1.66. The Kier molecular flexibility index (Phi) is 5.08. The van der Waals surface area contributed by atoms with Crippen LogP contribution in [0.2, 0.25) is 0 Å². The molecule has 0 aromatic carbocycles. The molecule has 1 fully saturated rings. The first-order valence-corrected chi connectivity index (χ1v) is 7.75. The zero-order chi connectivity index (χ0) is 14.7. The number of carbonyl (C=O) groups excluding carboxylic acids is 1. The SMILES string of the molecule is CC(C)N(CCOC(=O)OC1CC2C=CC1C2)C(C)C. The van der Waals surface area contributed by atoms with Crippen molar-refractivity contribution >= 4 is 6.16 Å². The lowest BCUT2D eigenvalue weighted by Crippen LogP contribution is -2.39. The standard InChI is InChI=1S/C16H27NO3/c1-11(2)17(12(3)4)7-8-19-16(18)20-15-10-13-5-6-14(15)9-13/h5-6,11-15H,7-10H2,1-4H3. The van der Waals surface area contributed by atoms with Crippen LogP contribution in [0.4, 0.5) is 4.79 Å². The van der Waals surface area contributed by atoms with Gasteiger partial charge in [-0.05, 0) is 46.5 Å². The predicted octanol–water partition coefficient (Wildman–Crippen LogP) is 3.22. The van der Waals surface area contributed by atoms with Gasteiger partial charge in [-0.2, -0.15) is 0 Å². The molecule has 0 aliphatic heterocycles. The molecular weight excluding hydrogens is 254 g/mol. The number of carbonyl (C=O) groups is 1. The van der Waals surface area contributed by atoms with Gasteiger partial charge >= 0.3 is 6.16 Å². The first-order valence-electron chi connectivity index (χ1n) is 7.75. The highest BCUT2D eigenvalue weighted by Crippen LogP contribution is 2.40. The summed E-state index contributed by atoms with van der Waals surface area (Å²) in [4.78, 5) is 14.0. The minimum Gasteiger partial charge on any atom is -0.433 e. The van der Waals surface area contributed by atoms with Crippen LogP contribution in [0.15, 0.2) is 12.2 Å². The molecule has 0 N–H and O–H groups in total. The largest absolute Gasteiger partial charge is 0.508 e. The van der Waals surface area contributed by atoms with Gasteiger partial charge in [0.2, 0.25) is 0 Å². The van der Waals surface area contributed by atoms with Crippen LogP contribution in [0.25, 0.3) is 0 Å². The second kappa shape index (κ2) is 6.61. The van der Waals surface area contributed by atoms with Crippen LogP contribution in [0.5, 0.6) is 0 Å². The van der Waals surface area contributed by atoms with Crippen LogP contribution in [-0.4, -0.2) is 42.4 Å². The third-order valence-corrected chi connectivity index (χ3v) is 4.36. The van der Waals surface area contributed by atoms with Crippen molar-refractivity contribution in [1.82, 2.24) is 4.90 Å². The number of fused-ring (bicyclic) bond motifs is 2. The molecule has 0 aromatic heterocycles. The highest BCUT2D eigenvalue weighted by atomic mass is 16.7. The summed E-state index contributed by atoms with van der Waals surface area (Å²) in [6.45, 7) is 9.76. The van der Waals surface area contributed by atoms with Crippen molar-refractivity contribution in [3.05, 3.63) is 12.2 Å². The summed E-state index contributed by atoms with van der Waals surface area (Å²) in [5.41, 5.74) is 0. The summed E-state index contributed by atoms with van der Waals surface area (Å²) in [5.74, 6) is 1.02. The highest BCUT2D eigenvalue weighted by Gasteiger charge is 2.38. The molecule has 3 atom stereocenters. The molecule has 3 unspecified atom stereocenters. The monoisotopic (exact) mass is 281 g/mol. The number of hydrogen-bond acceptors (Lipinski definition) is 4. The van der Waals surface area contributed by atoms with E-state index < -0.39 is 6.16 Å². The summed E-state index contributed by atoms with van der Waals surface area (Å²) < 4.78 is 10.6. The molecule has 4 nitrogen and oxygen atoms in total. The average molecular weight is 281 g/mol. The van der Waals surface area contributed by atoms with Crippen LogP contribution in [0, 0.1) is 11.8 Å². The predicted molar refractivity (Wildman–Crippen MR) is 78.6 cm³/mol. The van der Waals surface area contributed by atoms with Gasteiger partial charge in [0.25, 0.3) is 0 Å². The van der Waals surface area contributed by atoms with Crippen molar-refractivity contribution in [2.75, 3.05) is 13.2 Å². The molecule has 2 bridgehead atoms. The molecule has 20 heavy (non-hydrogen) atoms. The van der Waals surface area contributed by atoms with E-state index in [4.69, 9.17) is 9.47 Å². The molecular formula is C16H27NO3.